The maximum Gasteiger partial charge on any atom is 0.261 e. The van der Waals surface area contributed by atoms with Gasteiger partial charge in [0.15, 0.2) is 0 Å². The summed E-state index contributed by atoms with van der Waals surface area (Å²) >= 11 is 0. The zero-order valence-electron chi connectivity index (χ0n) is 13.7. The zero-order chi connectivity index (χ0) is 16.0. The summed E-state index contributed by atoms with van der Waals surface area (Å²) in [5, 5.41) is 2.91. The fraction of sp³-hybridized carbons (Fsp3) is 0.438. The van der Waals surface area contributed by atoms with Crippen LogP contribution in [0, 0.1) is 12.8 Å². The normalized spacial score (nSPS) is 19.1. The topological polar surface area (TPSA) is 56.2 Å². The molecule has 0 radical (unpaired) electrons. The Morgan fingerprint density at radius 3 is 2.43 bits per heavy atom. The molecule has 3 rings (SSSR count). The molecule has 1 unspecified atom stereocenters. The molecule has 2 amide bonds. The lowest BCUT2D eigenvalue weighted by Gasteiger charge is -2.35. The van der Waals surface area contributed by atoms with E-state index >= 15 is 0 Å². The number of aliphatic imine (C=N–C) groups is 1. The summed E-state index contributed by atoms with van der Waals surface area (Å²) < 4.78 is 0. The van der Waals surface area contributed by atoms with E-state index in [1.807, 2.05) is 46.1 Å². The molecule has 6 nitrogen and oxygen atoms in total. The molecular weight excluding hydrogens is 316 g/mol. The second kappa shape index (κ2) is 6.20. The van der Waals surface area contributed by atoms with Gasteiger partial charge in [-0.1, -0.05) is 19.4 Å². The minimum Gasteiger partial charge on any atom is -0.347 e. The van der Waals surface area contributed by atoms with E-state index in [2.05, 4.69) is 4.99 Å². The number of halogens is 1. The van der Waals surface area contributed by atoms with Crippen molar-refractivity contribution in [1.29, 1.82) is 0 Å². The SMILES string of the molecule is CCCC1C(=O)N2C(N(C)C)=Nc3ccc(C)cc3N2C1=O.Cl. The summed E-state index contributed by atoms with van der Waals surface area (Å²) in [5.74, 6) is -0.477. The van der Waals surface area contributed by atoms with Crippen LogP contribution in [0.5, 0.6) is 0 Å². The average molecular weight is 337 g/mol. The van der Waals surface area contributed by atoms with Gasteiger partial charge in [-0.2, -0.15) is 5.01 Å². The summed E-state index contributed by atoms with van der Waals surface area (Å²) in [6, 6.07) is 5.74. The third kappa shape index (κ3) is 2.57. The summed E-state index contributed by atoms with van der Waals surface area (Å²) in [4.78, 5) is 31.8. The van der Waals surface area contributed by atoms with E-state index in [-0.39, 0.29) is 24.2 Å². The third-order valence-electron chi connectivity index (χ3n) is 3.96. The number of rotatable bonds is 2. The quantitative estimate of drug-likeness (QED) is 0.780. The van der Waals surface area contributed by atoms with Crippen LogP contribution in [0.4, 0.5) is 11.4 Å². The molecule has 0 spiro atoms. The molecular formula is C16H21ClN4O2. The minimum atomic E-state index is -0.610. The Balaban J connectivity index is 0.00000192. The van der Waals surface area contributed by atoms with Crippen molar-refractivity contribution in [2.75, 3.05) is 19.1 Å². The van der Waals surface area contributed by atoms with Gasteiger partial charge >= 0.3 is 0 Å². The van der Waals surface area contributed by atoms with E-state index in [9.17, 15) is 9.59 Å². The summed E-state index contributed by atoms with van der Waals surface area (Å²) in [6.07, 6.45) is 1.35. The van der Waals surface area contributed by atoms with E-state index in [0.717, 1.165) is 12.0 Å². The molecule has 2 aliphatic heterocycles. The molecule has 1 fully saturated rings. The highest BCUT2D eigenvalue weighted by Crippen LogP contribution is 2.40. The fourth-order valence-corrected chi connectivity index (χ4v) is 2.89. The third-order valence-corrected chi connectivity index (χ3v) is 3.96. The van der Waals surface area contributed by atoms with Crippen LogP contribution in [0.25, 0.3) is 0 Å². The highest BCUT2D eigenvalue weighted by molar-refractivity contribution is 6.22. The average Bonchev–Trinajstić information content (AvgIpc) is 2.72. The number of hydrogen-bond donors (Lipinski definition) is 0. The Hall–Kier alpha value is -2.08. The molecule has 1 saturated heterocycles. The van der Waals surface area contributed by atoms with Crippen molar-refractivity contribution < 1.29 is 9.59 Å². The van der Waals surface area contributed by atoms with E-state index in [0.29, 0.717) is 23.8 Å². The lowest BCUT2D eigenvalue weighted by molar-refractivity contribution is -0.130. The molecule has 124 valence electrons. The Bertz CT molecular complexity index is 687. The van der Waals surface area contributed by atoms with Crippen LogP contribution in [0.1, 0.15) is 25.3 Å². The van der Waals surface area contributed by atoms with Crippen LogP contribution >= 0.6 is 12.4 Å². The first kappa shape index (κ1) is 17.3. The van der Waals surface area contributed by atoms with Crippen LogP contribution < -0.4 is 5.01 Å². The molecule has 7 heteroatoms. The minimum absolute atomic E-state index is 0. The number of carbonyl (C=O) groups excluding carboxylic acids is 2. The molecule has 1 aromatic rings. The van der Waals surface area contributed by atoms with Crippen LogP contribution in [0.3, 0.4) is 0 Å². The molecule has 0 aromatic heterocycles. The van der Waals surface area contributed by atoms with E-state index in [4.69, 9.17) is 0 Å². The first-order valence-corrected chi connectivity index (χ1v) is 7.50. The Morgan fingerprint density at radius 2 is 1.83 bits per heavy atom. The van der Waals surface area contributed by atoms with E-state index in [1.165, 1.54) is 10.0 Å². The summed E-state index contributed by atoms with van der Waals surface area (Å²) in [5.41, 5.74) is 2.42. The van der Waals surface area contributed by atoms with Gasteiger partial charge in [-0.3, -0.25) is 9.59 Å². The molecule has 0 bridgehead atoms. The number of fused-ring (bicyclic) bond motifs is 3. The monoisotopic (exact) mass is 336 g/mol. The molecule has 0 aliphatic carbocycles. The molecule has 23 heavy (non-hydrogen) atoms. The predicted octanol–water partition coefficient (Wildman–Crippen LogP) is 2.49. The lowest BCUT2D eigenvalue weighted by atomic mass is 10.0. The number of amides is 2. The van der Waals surface area contributed by atoms with Crippen molar-refractivity contribution in [3.63, 3.8) is 0 Å². The molecule has 1 aromatic carbocycles. The zero-order valence-corrected chi connectivity index (χ0v) is 14.6. The highest BCUT2D eigenvalue weighted by atomic mass is 35.5. The second-order valence-electron chi connectivity index (χ2n) is 5.94. The van der Waals surface area contributed by atoms with Crippen LogP contribution in [0.2, 0.25) is 0 Å². The van der Waals surface area contributed by atoms with Gasteiger partial charge in [-0.05, 0) is 31.0 Å². The molecule has 2 aliphatic rings. The smallest absolute Gasteiger partial charge is 0.261 e. The number of nitrogens with zero attached hydrogens (tertiary/aromatic N) is 4. The van der Waals surface area contributed by atoms with Gasteiger partial charge < -0.3 is 4.90 Å². The van der Waals surface area contributed by atoms with Gasteiger partial charge in [-0.25, -0.2) is 10.0 Å². The summed E-state index contributed by atoms with van der Waals surface area (Å²) in [7, 11) is 3.64. The number of benzene rings is 1. The maximum absolute atomic E-state index is 12.8. The van der Waals surface area contributed by atoms with E-state index in [1.54, 1.807) is 4.90 Å². The van der Waals surface area contributed by atoms with Crippen molar-refractivity contribution in [1.82, 2.24) is 9.91 Å². The Kier molecular flexibility index (Phi) is 4.66. The summed E-state index contributed by atoms with van der Waals surface area (Å²) in [6.45, 7) is 3.94. The molecule has 1 atom stereocenters. The van der Waals surface area contributed by atoms with Crippen molar-refractivity contribution in [2.45, 2.75) is 26.7 Å². The van der Waals surface area contributed by atoms with E-state index < -0.39 is 5.92 Å². The Morgan fingerprint density at radius 1 is 1.17 bits per heavy atom. The first-order valence-electron chi connectivity index (χ1n) is 7.50. The number of carbonyl (C=O) groups is 2. The number of anilines is 1. The van der Waals surface area contributed by atoms with Gasteiger partial charge in [0.05, 0.1) is 11.4 Å². The van der Waals surface area contributed by atoms with Crippen molar-refractivity contribution in [2.24, 2.45) is 10.9 Å². The molecule has 0 saturated carbocycles. The van der Waals surface area contributed by atoms with Gasteiger partial charge in [0.2, 0.25) is 5.96 Å². The maximum atomic E-state index is 12.8. The van der Waals surface area contributed by atoms with Crippen molar-refractivity contribution in [3.05, 3.63) is 23.8 Å². The van der Waals surface area contributed by atoms with Gasteiger partial charge in [0.1, 0.15) is 5.92 Å². The lowest BCUT2D eigenvalue weighted by Crippen LogP contribution is -2.52. The number of aryl methyl sites for hydroxylation is 1. The standard InChI is InChI=1S/C16H20N4O2.ClH/c1-5-6-11-14(21)19-13-9-10(2)7-8-12(13)17-16(18(3)4)20(19)15(11)22;/h7-9,11H,5-6H2,1-4H3;1H. The number of hydrazine groups is 1. The van der Waals surface area contributed by atoms with Gasteiger partial charge in [0.25, 0.3) is 11.8 Å². The van der Waals surface area contributed by atoms with Crippen molar-refractivity contribution >= 4 is 41.6 Å². The van der Waals surface area contributed by atoms with Gasteiger partial charge in [-0.15, -0.1) is 12.4 Å². The molecule has 0 N–H and O–H groups in total. The van der Waals surface area contributed by atoms with Crippen molar-refractivity contribution in [3.8, 4) is 0 Å². The number of hydrogen-bond acceptors (Lipinski definition) is 4. The predicted molar refractivity (Wildman–Crippen MR) is 91.9 cm³/mol. The van der Waals surface area contributed by atoms with Gasteiger partial charge in [0, 0.05) is 14.1 Å². The van der Waals surface area contributed by atoms with Crippen LogP contribution in [-0.4, -0.2) is 41.8 Å². The highest BCUT2D eigenvalue weighted by Gasteiger charge is 2.50. The largest absolute Gasteiger partial charge is 0.347 e. The van der Waals surface area contributed by atoms with Crippen LogP contribution in [-0.2, 0) is 9.59 Å². The molecule has 2 heterocycles. The first-order chi connectivity index (χ1) is 10.5. The Labute approximate surface area is 142 Å². The fourth-order valence-electron chi connectivity index (χ4n) is 2.89. The van der Waals surface area contributed by atoms with Crippen LogP contribution in [0.15, 0.2) is 23.2 Å². The second-order valence-corrected chi connectivity index (χ2v) is 5.94. The number of guanidine groups is 1.